The van der Waals surface area contributed by atoms with E-state index in [1.807, 2.05) is 35.8 Å². The second kappa shape index (κ2) is 8.32. The number of nitrogens with zero attached hydrogens (tertiary/aromatic N) is 4. The normalized spacial score (nSPS) is 10.9. The molecule has 0 saturated carbocycles. The Kier molecular flexibility index (Phi) is 5.43. The number of imidazole rings is 2. The second-order valence-electron chi connectivity index (χ2n) is 6.83. The smallest absolute Gasteiger partial charge is 0.248 e. The molecule has 0 fully saturated rings. The molecule has 4 rings (SSSR count). The molecule has 152 valence electrons. The monoisotopic (exact) mass is 404 g/mol. The molecule has 0 aliphatic heterocycles. The fourth-order valence-electron chi connectivity index (χ4n) is 3.38. The topological polar surface area (TPSA) is 61.9 Å². The Labute approximate surface area is 173 Å². The Hall–Kier alpha value is -3.74. The van der Waals surface area contributed by atoms with E-state index in [0.29, 0.717) is 22.8 Å². The summed E-state index contributed by atoms with van der Waals surface area (Å²) in [6.07, 6.45) is 7.58. The molecule has 0 amide bonds. The first-order valence-electron chi connectivity index (χ1n) is 9.65. The lowest BCUT2D eigenvalue weighted by molar-refractivity contribution is 0.102. The first-order valence-corrected chi connectivity index (χ1v) is 9.65. The van der Waals surface area contributed by atoms with Crippen LogP contribution in [0.4, 0.5) is 4.39 Å². The minimum atomic E-state index is -0.339. The van der Waals surface area contributed by atoms with Crippen LogP contribution in [0.25, 0.3) is 16.8 Å². The molecule has 0 aliphatic carbocycles. The molecular formula is C23H21FN4O2. The van der Waals surface area contributed by atoms with Crippen molar-refractivity contribution in [3.63, 3.8) is 0 Å². The van der Waals surface area contributed by atoms with E-state index in [0.717, 1.165) is 24.2 Å². The summed E-state index contributed by atoms with van der Waals surface area (Å²) in [5, 5.41) is 0. The molecule has 30 heavy (non-hydrogen) atoms. The number of rotatable bonds is 7. The van der Waals surface area contributed by atoms with E-state index in [-0.39, 0.29) is 11.6 Å². The van der Waals surface area contributed by atoms with E-state index in [2.05, 4.69) is 9.97 Å². The minimum absolute atomic E-state index is 0.227. The zero-order valence-corrected chi connectivity index (χ0v) is 16.7. The van der Waals surface area contributed by atoms with E-state index in [4.69, 9.17) is 4.74 Å². The average Bonchev–Trinajstić information content (AvgIpc) is 3.44. The number of carbonyl (C=O) groups excluding carboxylic acids is 1. The number of hydrogen-bond acceptors (Lipinski definition) is 4. The largest absolute Gasteiger partial charge is 0.496 e. The molecule has 0 unspecified atom stereocenters. The Morgan fingerprint density at radius 2 is 2.03 bits per heavy atom. The van der Waals surface area contributed by atoms with E-state index in [1.165, 1.54) is 12.1 Å². The maximum absolute atomic E-state index is 13.8. The SMILES string of the molecule is CCCn1ccnc1C(=O)c1cn(-c2cccc(-c3cc(F)ccc3OC)c2)cn1. The van der Waals surface area contributed by atoms with Gasteiger partial charge in [0.15, 0.2) is 5.82 Å². The first kappa shape index (κ1) is 19.6. The summed E-state index contributed by atoms with van der Waals surface area (Å²) in [6.45, 7) is 2.77. The second-order valence-corrected chi connectivity index (χ2v) is 6.83. The Balaban J connectivity index is 1.66. The van der Waals surface area contributed by atoms with Crippen molar-refractivity contribution in [2.45, 2.75) is 19.9 Å². The van der Waals surface area contributed by atoms with Crippen LogP contribution in [0, 0.1) is 5.82 Å². The zero-order valence-electron chi connectivity index (χ0n) is 16.7. The third-order valence-electron chi connectivity index (χ3n) is 4.82. The number of hydrogen-bond donors (Lipinski definition) is 0. The van der Waals surface area contributed by atoms with Crippen LogP contribution in [0.5, 0.6) is 5.75 Å². The van der Waals surface area contributed by atoms with Crippen LogP contribution >= 0.6 is 0 Å². The van der Waals surface area contributed by atoms with Crippen molar-refractivity contribution < 1.29 is 13.9 Å². The molecule has 4 aromatic rings. The highest BCUT2D eigenvalue weighted by molar-refractivity contribution is 6.05. The van der Waals surface area contributed by atoms with Crippen molar-refractivity contribution in [2.75, 3.05) is 7.11 Å². The van der Waals surface area contributed by atoms with Crippen molar-refractivity contribution in [3.8, 4) is 22.6 Å². The van der Waals surface area contributed by atoms with Crippen LogP contribution in [-0.2, 0) is 6.54 Å². The molecule has 0 atom stereocenters. The minimum Gasteiger partial charge on any atom is -0.496 e. The fourth-order valence-corrected chi connectivity index (χ4v) is 3.38. The molecule has 2 aromatic heterocycles. The molecule has 2 aromatic carbocycles. The van der Waals surface area contributed by atoms with E-state index < -0.39 is 0 Å². The molecule has 0 aliphatic rings. The molecule has 2 heterocycles. The molecule has 0 radical (unpaired) electrons. The Morgan fingerprint density at radius 1 is 1.17 bits per heavy atom. The lowest BCUT2D eigenvalue weighted by Crippen LogP contribution is -2.11. The molecule has 0 bridgehead atoms. The molecule has 7 heteroatoms. The molecule has 0 spiro atoms. The van der Waals surface area contributed by atoms with Crippen molar-refractivity contribution in [1.29, 1.82) is 0 Å². The summed E-state index contributed by atoms with van der Waals surface area (Å²) in [4.78, 5) is 21.3. The summed E-state index contributed by atoms with van der Waals surface area (Å²) < 4.78 is 22.8. The number of methoxy groups -OCH3 is 1. The predicted octanol–water partition coefficient (Wildman–Crippen LogP) is 4.52. The lowest BCUT2D eigenvalue weighted by Gasteiger charge is -2.10. The summed E-state index contributed by atoms with van der Waals surface area (Å²) in [5.41, 5.74) is 2.55. The van der Waals surface area contributed by atoms with Crippen LogP contribution in [-0.4, -0.2) is 32.0 Å². The van der Waals surface area contributed by atoms with Gasteiger partial charge in [-0.3, -0.25) is 4.79 Å². The Morgan fingerprint density at radius 3 is 2.83 bits per heavy atom. The number of aromatic nitrogens is 4. The van der Waals surface area contributed by atoms with Crippen LogP contribution in [0.15, 0.2) is 67.4 Å². The van der Waals surface area contributed by atoms with Crippen LogP contribution in [0.2, 0.25) is 0 Å². The van der Waals surface area contributed by atoms with Crippen LogP contribution in [0.1, 0.15) is 29.7 Å². The summed E-state index contributed by atoms with van der Waals surface area (Å²) in [7, 11) is 1.55. The van der Waals surface area contributed by atoms with Gasteiger partial charge in [-0.15, -0.1) is 0 Å². The van der Waals surface area contributed by atoms with Gasteiger partial charge in [-0.1, -0.05) is 19.1 Å². The van der Waals surface area contributed by atoms with Crippen molar-refractivity contribution >= 4 is 5.78 Å². The van der Waals surface area contributed by atoms with Crippen molar-refractivity contribution in [2.24, 2.45) is 0 Å². The standard InChI is InChI=1S/C23H21FN4O2/c1-3-10-27-11-9-25-23(27)22(29)20-14-28(15-26-20)18-6-4-5-16(12-18)19-13-17(24)7-8-21(19)30-2/h4-9,11-15H,3,10H2,1-2H3. The van der Waals surface area contributed by atoms with Gasteiger partial charge in [0.05, 0.1) is 7.11 Å². The van der Waals surface area contributed by atoms with Gasteiger partial charge < -0.3 is 13.9 Å². The number of carbonyl (C=O) groups is 1. The summed E-state index contributed by atoms with van der Waals surface area (Å²) in [5.74, 6) is 0.391. The molecule has 0 saturated heterocycles. The van der Waals surface area contributed by atoms with Crippen LogP contribution < -0.4 is 4.74 Å². The zero-order chi connectivity index (χ0) is 21.1. The molecule has 0 N–H and O–H groups in total. The number of ether oxygens (including phenoxy) is 1. The van der Waals surface area contributed by atoms with Gasteiger partial charge in [0.2, 0.25) is 5.78 Å². The van der Waals surface area contributed by atoms with Crippen molar-refractivity contribution in [1.82, 2.24) is 19.1 Å². The van der Waals surface area contributed by atoms with Gasteiger partial charge in [-0.2, -0.15) is 0 Å². The number of aryl methyl sites for hydroxylation is 1. The first-order chi connectivity index (χ1) is 14.6. The number of halogens is 1. The summed E-state index contributed by atoms with van der Waals surface area (Å²) >= 11 is 0. The number of ketones is 1. The van der Waals surface area contributed by atoms with E-state index >= 15 is 0 Å². The molecular weight excluding hydrogens is 383 g/mol. The van der Waals surface area contributed by atoms with Gasteiger partial charge in [-0.05, 0) is 42.3 Å². The van der Waals surface area contributed by atoms with E-state index in [1.54, 1.807) is 42.7 Å². The summed E-state index contributed by atoms with van der Waals surface area (Å²) in [6, 6.07) is 11.9. The quantitative estimate of drug-likeness (QED) is 0.425. The maximum Gasteiger partial charge on any atom is 0.248 e. The maximum atomic E-state index is 13.8. The fraction of sp³-hybridized carbons (Fsp3) is 0.174. The van der Waals surface area contributed by atoms with Gasteiger partial charge in [-0.25, -0.2) is 14.4 Å². The Bertz CT molecular complexity index is 1200. The third-order valence-corrected chi connectivity index (χ3v) is 4.82. The highest BCUT2D eigenvalue weighted by Crippen LogP contribution is 2.31. The van der Waals surface area contributed by atoms with Gasteiger partial charge in [0.25, 0.3) is 0 Å². The third kappa shape index (κ3) is 3.74. The van der Waals surface area contributed by atoms with E-state index in [9.17, 15) is 9.18 Å². The number of benzene rings is 2. The van der Waals surface area contributed by atoms with Gasteiger partial charge >= 0.3 is 0 Å². The van der Waals surface area contributed by atoms with Crippen molar-refractivity contribution in [3.05, 3.63) is 84.7 Å². The van der Waals surface area contributed by atoms with Gasteiger partial charge in [0.1, 0.15) is 23.6 Å². The molecule has 6 nitrogen and oxygen atoms in total. The highest BCUT2D eigenvalue weighted by atomic mass is 19.1. The predicted molar refractivity (Wildman–Crippen MR) is 111 cm³/mol. The van der Waals surface area contributed by atoms with Crippen LogP contribution in [0.3, 0.4) is 0 Å². The highest BCUT2D eigenvalue weighted by Gasteiger charge is 2.18. The lowest BCUT2D eigenvalue weighted by atomic mass is 10.0. The average molecular weight is 404 g/mol. The van der Waals surface area contributed by atoms with Gasteiger partial charge in [0, 0.05) is 36.4 Å².